The zero-order valence-electron chi connectivity index (χ0n) is 18.3. The molecule has 0 aromatic carbocycles. The third-order valence-corrected chi connectivity index (χ3v) is 5.76. The highest BCUT2D eigenvalue weighted by atomic mass is 16.5. The van der Waals surface area contributed by atoms with Crippen molar-refractivity contribution < 1.29 is 20.1 Å². The van der Waals surface area contributed by atoms with E-state index >= 15 is 0 Å². The van der Waals surface area contributed by atoms with Crippen molar-refractivity contribution in [1.29, 1.82) is 0 Å². The SMILES string of the molecule is CCCCCCCCCOC(CCCCCCCCC)C(CO)(CO)CO. The molecule has 0 aliphatic heterocycles. The summed E-state index contributed by atoms with van der Waals surface area (Å²) in [6, 6.07) is 0. The van der Waals surface area contributed by atoms with Crippen LogP contribution in [-0.2, 0) is 4.74 Å². The Hall–Kier alpha value is -0.160. The topological polar surface area (TPSA) is 69.9 Å². The molecule has 0 rings (SSSR count). The summed E-state index contributed by atoms with van der Waals surface area (Å²) >= 11 is 0. The molecule has 1 atom stereocenters. The van der Waals surface area contributed by atoms with Gasteiger partial charge in [0.05, 0.1) is 31.3 Å². The molecule has 0 spiro atoms. The van der Waals surface area contributed by atoms with Gasteiger partial charge in [0.25, 0.3) is 0 Å². The van der Waals surface area contributed by atoms with E-state index in [1.165, 1.54) is 64.2 Å². The predicted molar refractivity (Wildman–Crippen MR) is 114 cm³/mol. The van der Waals surface area contributed by atoms with Crippen molar-refractivity contribution in [3.8, 4) is 0 Å². The van der Waals surface area contributed by atoms with Crippen molar-refractivity contribution in [2.75, 3.05) is 26.4 Å². The van der Waals surface area contributed by atoms with Gasteiger partial charge in [0.2, 0.25) is 0 Å². The zero-order chi connectivity index (χ0) is 20.2. The summed E-state index contributed by atoms with van der Waals surface area (Å²) in [5.74, 6) is 0. The Bertz CT molecular complexity index is 284. The van der Waals surface area contributed by atoms with E-state index in [2.05, 4.69) is 13.8 Å². The van der Waals surface area contributed by atoms with Gasteiger partial charge in [-0.3, -0.25) is 0 Å². The van der Waals surface area contributed by atoms with Crippen molar-refractivity contribution >= 4 is 0 Å². The average Bonchev–Trinajstić information content (AvgIpc) is 2.70. The van der Waals surface area contributed by atoms with E-state index in [0.29, 0.717) is 6.61 Å². The van der Waals surface area contributed by atoms with Gasteiger partial charge in [-0.05, 0) is 12.8 Å². The molecule has 0 saturated carbocycles. The minimum atomic E-state index is -0.927. The Balaban J connectivity index is 4.18. The molecule has 0 radical (unpaired) electrons. The standard InChI is InChI=1S/C23H48O4/c1-3-5-7-9-11-13-15-17-22(23(19-24,20-25)21-26)27-18-16-14-12-10-8-6-4-2/h22,24-26H,3-21H2,1-2H3. The van der Waals surface area contributed by atoms with Crippen LogP contribution in [0.25, 0.3) is 0 Å². The van der Waals surface area contributed by atoms with E-state index in [1.807, 2.05) is 0 Å². The largest absolute Gasteiger partial charge is 0.396 e. The van der Waals surface area contributed by atoms with E-state index in [0.717, 1.165) is 32.1 Å². The number of aliphatic hydroxyl groups is 3. The summed E-state index contributed by atoms with van der Waals surface area (Å²) < 4.78 is 6.07. The van der Waals surface area contributed by atoms with E-state index in [-0.39, 0.29) is 25.9 Å². The molecule has 0 bridgehead atoms. The van der Waals surface area contributed by atoms with Crippen LogP contribution >= 0.6 is 0 Å². The van der Waals surface area contributed by atoms with Crippen LogP contribution in [0.3, 0.4) is 0 Å². The number of unbranched alkanes of at least 4 members (excludes halogenated alkanes) is 12. The van der Waals surface area contributed by atoms with Crippen molar-refractivity contribution in [3.05, 3.63) is 0 Å². The van der Waals surface area contributed by atoms with Crippen LogP contribution < -0.4 is 0 Å². The van der Waals surface area contributed by atoms with Crippen LogP contribution in [0.2, 0.25) is 0 Å². The molecule has 27 heavy (non-hydrogen) atoms. The Kier molecular flexibility index (Phi) is 19.1. The minimum absolute atomic E-state index is 0.238. The lowest BCUT2D eigenvalue weighted by Crippen LogP contribution is -2.46. The minimum Gasteiger partial charge on any atom is -0.396 e. The maximum absolute atomic E-state index is 9.77. The van der Waals surface area contributed by atoms with Gasteiger partial charge >= 0.3 is 0 Å². The van der Waals surface area contributed by atoms with Gasteiger partial charge in [-0.25, -0.2) is 0 Å². The van der Waals surface area contributed by atoms with Gasteiger partial charge in [0, 0.05) is 6.61 Å². The number of ether oxygens (including phenoxy) is 1. The molecule has 164 valence electrons. The smallest absolute Gasteiger partial charge is 0.0697 e. The molecule has 4 heteroatoms. The molecule has 0 heterocycles. The zero-order valence-corrected chi connectivity index (χ0v) is 18.3. The summed E-state index contributed by atoms with van der Waals surface area (Å²) in [5, 5.41) is 29.3. The molecule has 0 aromatic rings. The third kappa shape index (κ3) is 12.8. The summed E-state index contributed by atoms with van der Waals surface area (Å²) in [7, 11) is 0. The van der Waals surface area contributed by atoms with E-state index < -0.39 is 5.41 Å². The Morgan fingerprint density at radius 1 is 0.593 bits per heavy atom. The Labute approximate surface area is 168 Å². The summed E-state index contributed by atoms with van der Waals surface area (Å²) in [4.78, 5) is 0. The second kappa shape index (κ2) is 19.2. The third-order valence-electron chi connectivity index (χ3n) is 5.76. The molecule has 0 amide bonds. The first kappa shape index (κ1) is 26.8. The number of hydrogen-bond donors (Lipinski definition) is 3. The molecule has 1 unspecified atom stereocenters. The quantitative estimate of drug-likeness (QED) is 0.236. The fraction of sp³-hybridized carbons (Fsp3) is 1.00. The Morgan fingerprint density at radius 2 is 1.00 bits per heavy atom. The van der Waals surface area contributed by atoms with Crippen molar-refractivity contribution in [3.63, 3.8) is 0 Å². The lowest BCUT2D eigenvalue weighted by Gasteiger charge is -2.36. The predicted octanol–water partition coefficient (Wildman–Crippen LogP) is 5.23. The lowest BCUT2D eigenvalue weighted by atomic mass is 9.81. The van der Waals surface area contributed by atoms with Crippen LogP contribution in [-0.4, -0.2) is 47.9 Å². The molecule has 0 aromatic heterocycles. The normalized spacial score (nSPS) is 13.2. The van der Waals surface area contributed by atoms with Crippen LogP contribution in [0.1, 0.15) is 110 Å². The highest BCUT2D eigenvalue weighted by molar-refractivity contribution is 4.86. The van der Waals surface area contributed by atoms with Crippen molar-refractivity contribution in [2.24, 2.45) is 5.41 Å². The van der Waals surface area contributed by atoms with Gasteiger partial charge in [0.15, 0.2) is 0 Å². The number of hydrogen-bond acceptors (Lipinski definition) is 4. The van der Waals surface area contributed by atoms with Gasteiger partial charge in [0.1, 0.15) is 0 Å². The molecule has 0 fully saturated rings. The molecule has 4 nitrogen and oxygen atoms in total. The van der Waals surface area contributed by atoms with Crippen LogP contribution in [0.15, 0.2) is 0 Å². The van der Waals surface area contributed by atoms with Gasteiger partial charge in [-0.2, -0.15) is 0 Å². The maximum Gasteiger partial charge on any atom is 0.0697 e. The van der Waals surface area contributed by atoms with E-state index in [1.54, 1.807) is 0 Å². The average molecular weight is 389 g/mol. The highest BCUT2D eigenvalue weighted by Gasteiger charge is 2.38. The fourth-order valence-electron chi connectivity index (χ4n) is 3.59. The Morgan fingerprint density at radius 3 is 1.44 bits per heavy atom. The monoisotopic (exact) mass is 388 g/mol. The second-order valence-electron chi connectivity index (χ2n) is 8.23. The van der Waals surface area contributed by atoms with Crippen LogP contribution in [0, 0.1) is 5.41 Å². The molecular weight excluding hydrogens is 340 g/mol. The maximum atomic E-state index is 9.77. The first-order chi connectivity index (χ1) is 13.2. The van der Waals surface area contributed by atoms with Crippen LogP contribution in [0.4, 0.5) is 0 Å². The van der Waals surface area contributed by atoms with Gasteiger partial charge in [-0.1, -0.05) is 97.3 Å². The highest BCUT2D eigenvalue weighted by Crippen LogP contribution is 2.28. The van der Waals surface area contributed by atoms with Gasteiger partial charge in [-0.15, -0.1) is 0 Å². The fourth-order valence-corrected chi connectivity index (χ4v) is 3.59. The second-order valence-corrected chi connectivity index (χ2v) is 8.23. The van der Waals surface area contributed by atoms with Gasteiger partial charge < -0.3 is 20.1 Å². The van der Waals surface area contributed by atoms with Crippen molar-refractivity contribution in [1.82, 2.24) is 0 Å². The number of aliphatic hydroxyl groups excluding tert-OH is 3. The molecule has 0 saturated heterocycles. The first-order valence-corrected chi connectivity index (χ1v) is 11.6. The summed E-state index contributed by atoms with van der Waals surface area (Å²) in [6.45, 7) is 4.39. The van der Waals surface area contributed by atoms with E-state index in [4.69, 9.17) is 4.74 Å². The lowest BCUT2D eigenvalue weighted by molar-refractivity contribution is -0.117. The van der Waals surface area contributed by atoms with Crippen LogP contribution in [0.5, 0.6) is 0 Å². The number of rotatable bonds is 21. The van der Waals surface area contributed by atoms with Crippen molar-refractivity contribution in [2.45, 2.75) is 116 Å². The molecule has 0 aliphatic carbocycles. The molecular formula is C23H48O4. The molecule has 0 aliphatic rings. The molecule has 3 N–H and O–H groups in total. The summed E-state index contributed by atoms with van der Waals surface area (Å²) in [6.07, 6.45) is 17.7. The van der Waals surface area contributed by atoms with E-state index in [9.17, 15) is 15.3 Å². The summed E-state index contributed by atoms with van der Waals surface area (Å²) in [5.41, 5.74) is -0.927. The first-order valence-electron chi connectivity index (χ1n) is 11.6.